The van der Waals surface area contributed by atoms with Crippen molar-refractivity contribution >= 4 is 5.97 Å². The molecule has 4 bridgehead atoms. The van der Waals surface area contributed by atoms with Crippen LogP contribution in [-0.2, 0) is 28.5 Å². The van der Waals surface area contributed by atoms with Crippen molar-refractivity contribution in [3.8, 4) is 0 Å². The summed E-state index contributed by atoms with van der Waals surface area (Å²) < 4.78 is 34.6. The molecule has 0 aliphatic heterocycles. The van der Waals surface area contributed by atoms with E-state index in [-0.39, 0.29) is 42.6 Å². The summed E-state index contributed by atoms with van der Waals surface area (Å²) in [5.41, 5.74) is -1.93. The number of esters is 1. The van der Waals surface area contributed by atoms with Gasteiger partial charge < -0.3 is 23.7 Å². The van der Waals surface area contributed by atoms with E-state index in [1.807, 2.05) is 13.8 Å². The molecule has 4 unspecified atom stereocenters. The highest BCUT2D eigenvalue weighted by Crippen LogP contribution is 2.64. The maximum atomic E-state index is 13.6. The van der Waals surface area contributed by atoms with Gasteiger partial charge in [0.15, 0.2) is 12.6 Å². The Bertz CT molecular complexity index is 851. The van der Waals surface area contributed by atoms with E-state index in [2.05, 4.69) is 34.6 Å². The topological polar surface area (TPSA) is 63.2 Å². The summed E-state index contributed by atoms with van der Waals surface area (Å²) >= 11 is 0. The first kappa shape index (κ1) is 32.7. The van der Waals surface area contributed by atoms with Crippen LogP contribution in [0.15, 0.2) is 0 Å². The van der Waals surface area contributed by atoms with E-state index in [1.165, 1.54) is 38.5 Å². The fourth-order valence-electron chi connectivity index (χ4n) is 8.95. The highest BCUT2D eigenvalue weighted by molar-refractivity contribution is 5.76. The zero-order chi connectivity index (χ0) is 30.2. The van der Waals surface area contributed by atoms with Crippen molar-refractivity contribution in [1.82, 2.24) is 0 Å². The number of ether oxygens (including phenoxy) is 5. The first-order chi connectivity index (χ1) is 19.9. The van der Waals surface area contributed by atoms with Crippen LogP contribution in [0.3, 0.4) is 0 Å². The summed E-state index contributed by atoms with van der Waals surface area (Å²) in [6, 6.07) is 0. The summed E-state index contributed by atoms with van der Waals surface area (Å²) in [4.78, 5) is 13.6. The number of carbonyl (C=O) groups excluding carboxylic acids is 1. The van der Waals surface area contributed by atoms with Crippen molar-refractivity contribution < 1.29 is 28.5 Å². The smallest absolute Gasteiger partial charge is 0.312 e. The Balaban J connectivity index is 1.42. The summed E-state index contributed by atoms with van der Waals surface area (Å²) in [6.07, 6.45) is 18.0. The quantitative estimate of drug-likeness (QED) is 0.158. The Morgan fingerprint density at radius 1 is 0.690 bits per heavy atom. The van der Waals surface area contributed by atoms with Crippen molar-refractivity contribution in [1.29, 1.82) is 0 Å². The number of carbonyl (C=O) groups is 1. The molecular formula is C36H62O6. The van der Waals surface area contributed by atoms with E-state index >= 15 is 0 Å². The summed E-state index contributed by atoms with van der Waals surface area (Å²) in [6.45, 7) is 14.9. The third kappa shape index (κ3) is 7.40. The minimum atomic E-state index is -0.568. The van der Waals surface area contributed by atoms with Gasteiger partial charge >= 0.3 is 5.97 Å². The van der Waals surface area contributed by atoms with Gasteiger partial charge in [-0.15, -0.1) is 0 Å². The van der Waals surface area contributed by atoms with Crippen LogP contribution in [0, 0.1) is 23.2 Å². The van der Waals surface area contributed by atoms with E-state index in [1.54, 1.807) is 0 Å². The molecule has 0 amide bonds. The molecule has 0 aromatic heterocycles. The highest BCUT2D eigenvalue weighted by atomic mass is 16.7. The first-order valence-electron chi connectivity index (χ1n) is 17.8. The molecule has 0 saturated heterocycles. The van der Waals surface area contributed by atoms with Crippen molar-refractivity contribution in [3.05, 3.63) is 0 Å². The second kappa shape index (κ2) is 13.0. The number of hydrogen-bond acceptors (Lipinski definition) is 6. The molecule has 0 radical (unpaired) electrons. The third-order valence-electron chi connectivity index (χ3n) is 11.2. The number of rotatable bonds is 13. The molecule has 4 atom stereocenters. The Morgan fingerprint density at radius 2 is 1.10 bits per heavy atom. The Kier molecular flexibility index (Phi) is 10.1. The molecule has 6 saturated carbocycles. The molecule has 6 aliphatic rings. The molecule has 0 aromatic rings. The van der Waals surface area contributed by atoms with Crippen LogP contribution in [0.2, 0.25) is 0 Å². The van der Waals surface area contributed by atoms with Gasteiger partial charge in [-0.3, -0.25) is 4.79 Å². The second-order valence-electron chi connectivity index (χ2n) is 16.4. The third-order valence-corrected chi connectivity index (χ3v) is 11.2. The molecular weight excluding hydrogens is 528 g/mol. The largest absolute Gasteiger partial charge is 0.458 e. The monoisotopic (exact) mass is 590 g/mol. The highest BCUT2D eigenvalue weighted by Gasteiger charge is 2.68. The summed E-state index contributed by atoms with van der Waals surface area (Å²) in [7, 11) is 0. The van der Waals surface area contributed by atoms with Crippen LogP contribution in [0.4, 0.5) is 0 Å². The zero-order valence-electron chi connectivity index (χ0n) is 28.0. The minimum Gasteiger partial charge on any atom is -0.458 e. The van der Waals surface area contributed by atoms with Gasteiger partial charge in [0, 0.05) is 31.1 Å². The normalized spacial score (nSPS) is 35.6. The average Bonchev–Trinajstić information content (AvgIpc) is 2.92. The SMILES string of the molecule is CCC(C)(C)C(=O)OC12CC3CC(OC(OC4CCCCC4)C(C)C)(C1)CC(OC(OC1CCCCC1)C(C)C)(C3)C2. The van der Waals surface area contributed by atoms with E-state index in [4.69, 9.17) is 23.7 Å². The Labute approximate surface area is 256 Å². The van der Waals surface area contributed by atoms with Crippen LogP contribution in [-0.4, -0.2) is 47.6 Å². The molecule has 6 aliphatic carbocycles. The molecule has 0 spiro atoms. The fourth-order valence-corrected chi connectivity index (χ4v) is 8.95. The van der Waals surface area contributed by atoms with Crippen molar-refractivity contribution in [3.63, 3.8) is 0 Å². The van der Waals surface area contributed by atoms with Gasteiger partial charge in [0.1, 0.15) is 5.60 Å². The van der Waals surface area contributed by atoms with Gasteiger partial charge in [0.05, 0.1) is 28.8 Å². The molecule has 6 fully saturated rings. The number of hydrogen-bond donors (Lipinski definition) is 0. The van der Waals surface area contributed by atoms with Crippen LogP contribution in [0.1, 0.15) is 158 Å². The summed E-state index contributed by atoms with van der Waals surface area (Å²) in [5.74, 6) is 0.790. The molecule has 0 aromatic carbocycles. The molecule has 0 heterocycles. The zero-order valence-corrected chi connectivity index (χ0v) is 28.0. The molecule has 6 heteroatoms. The van der Waals surface area contributed by atoms with Gasteiger partial charge in [-0.25, -0.2) is 0 Å². The van der Waals surface area contributed by atoms with Crippen molar-refractivity contribution in [2.75, 3.05) is 0 Å². The van der Waals surface area contributed by atoms with E-state index in [9.17, 15) is 4.79 Å². The van der Waals surface area contributed by atoms with Crippen molar-refractivity contribution in [2.45, 2.75) is 199 Å². The lowest BCUT2D eigenvalue weighted by atomic mass is 9.50. The molecule has 242 valence electrons. The maximum absolute atomic E-state index is 13.6. The first-order valence-corrected chi connectivity index (χ1v) is 17.8. The predicted molar refractivity (Wildman–Crippen MR) is 165 cm³/mol. The van der Waals surface area contributed by atoms with Crippen LogP contribution >= 0.6 is 0 Å². The maximum Gasteiger partial charge on any atom is 0.312 e. The predicted octanol–water partition coefficient (Wildman–Crippen LogP) is 8.88. The van der Waals surface area contributed by atoms with Gasteiger partial charge in [-0.1, -0.05) is 73.1 Å². The molecule has 0 N–H and O–H groups in total. The molecule has 6 nitrogen and oxygen atoms in total. The van der Waals surface area contributed by atoms with E-state index in [0.29, 0.717) is 5.92 Å². The fraction of sp³-hybridized carbons (Fsp3) is 0.972. The standard InChI is InChI=1S/C36H62O6/c1-8-33(6,7)32(37)42-36-21-27-19-34(23-36,40-30(25(2)3)38-28-15-11-9-12-16-28)22-35(20-27,24-36)41-31(26(4)5)39-29-17-13-10-14-18-29/h25-31H,8-24H2,1-7H3. The van der Waals surface area contributed by atoms with Crippen LogP contribution in [0.25, 0.3) is 0 Å². The lowest BCUT2D eigenvalue weighted by Gasteiger charge is -2.65. The van der Waals surface area contributed by atoms with Crippen LogP contribution < -0.4 is 0 Å². The van der Waals surface area contributed by atoms with Crippen LogP contribution in [0.5, 0.6) is 0 Å². The average molecular weight is 591 g/mol. The van der Waals surface area contributed by atoms with E-state index in [0.717, 1.165) is 70.6 Å². The minimum absolute atomic E-state index is 0.0880. The lowest BCUT2D eigenvalue weighted by Crippen LogP contribution is -2.70. The Hall–Kier alpha value is -0.690. The Morgan fingerprint density at radius 3 is 1.50 bits per heavy atom. The molecule has 6 rings (SSSR count). The summed E-state index contributed by atoms with van der Waals surface area (Å²) in [5, 5.41) is 0. The van der Waals surface area contributed by atoms with Gasteiger partial charge in [-0.05, 0) is 71.1 Å². The lowest BCUT2D eigenvalue weighted by molar-refractivity contribution is -0.353. The van der Waals surface area contributed by atoms with Gasteiger partial charge in [0.25, 0.3) is 0 Å². The van der Waals surface area contributed by atoms with Gasteiger partial charge in [0.2, 0.25) is 0 Å². The van der Waals surface area contributed by atoms with E-state index < -0.39 is 22.2 Å². The molecule has 42 heavy (non-hydrogen) atoms. The van der Waals surface area contributed by atoms with Crippen molar-refractivity contribution in [2.24, 2.45) is 23.2 Å². The second-order valence-corrected chi connectivity index (χ2v) is 16.4. The van der Waals surface area contributed by atoms with Gasteiger partial charge in [-0.2, -0.15) is 0 Å².